The molecule has 0 bridgehead atoms. The van der Waals surface area contributed by atoms with E-state index in [0.717, 1.165) is 17.7 Å². The average molecular weight is 307 g/mol. The molecule has 0 saturated carbocycles. The maximum atomic E-state index is 12.4. The van der Waals surface area contributed by atoms with E-state index in [2.05, 4.69) is 4.90 Å². The summed E-state index contributed by atoms with van der Waals surface area (Å²) in [6.07, 6.45) is -4.30. The number of hydrogen-bond acceptors (Lipinski definition) is 2. The van der Waals surface area contributed by atoms with Crippen molar-refractivity contribution < 1.29 is 18.0 Å². The molecular formula is C13H14ClF3N2O. The van der Waals surface area contributed by atoms with Crippen LogP contribution in [0, 0.1) is 0 Å². The van der Waals surface area contributed by atoms with Gasteiger partial charge in [0.25, 0.3) is 0 Å². The fourth-order valence-electron chi connectivity index (χ4n) is 2.14. The Balaban J connectivity index is 1.90. The van der Waals surface area contributed by atoms with Gasteiger partial charge in [-0.3, -0.25) is 9.69 Å². The summed E-state index contributed by atoms with van der Waals surface area (Å²) >= 11 is 5.39. The van der Waals surface area contributed by atoms with Gasteiger partial charge in [0.2, 0.25) is 0 Å². The number of rotatable bonds is 2. The van der Waals surface area contributed by atoms with E-state index in [1.54, 1.807) is 4.90 Å². The lowest BCUT2D eigenvalue weighted by molar-refractivity contribution is -0.137. The molecule has 1 heterocycles. The summed E-state index contributed by atoms with van der Waals surface area (Å²) < 4.78 is 37.3. The standard InChI is InChI=1S/C13H14ClF3N2O/c14-12(20)19-7-5-18(6-8-19)9-10-1-3-11(4-2-10)13(15,16)17/h1-4H,5-9H2. The van der Waals surface area contributed by atoms with Crippen molar-refractivity contribution in [1.29, 1.82) is 0 Å². The Labute approximate surface area is 119 Å². The number of benzene rings is 1. The van der Waals surface area contributed by atoms with Gasteiger partial charge in [0.1, 0.15) is 0 Å². The molecule has 0 aromatic heterocycles. The summed E-state index contributed by atoms with van der Waals surface area (Å²) in [4.78, 5) is 14.6. The minimum atomic E-state index is -4.30. The zero-order chi connectivity index (χ0) is 14.8. The van der Waals surface area contributed by atoms with Crippen molar-refractivity contribution in [3.8, 4) is 0 Å². The van der Waals surface area contributed by atoms with Gasteiger partial charge < -0.3 is 4.90 Å². The Morgan fingerprint density at radius 1 is 1.10 bits per heavy atom. The lowest BCUT2D eigenvalue weighted by Crippen LogP contribution is -2.46. The summed E-state index contributed by atoms with van der Waals surface area (Å²) in [5.74, 6) is 0. The van der Waals surface area contributed by atoms with Crippen LogP contribution in [0.1, 0.15) is 11.1 Å². The Morgan fingerprint density at radius 2 is 1.65 bits per heavy atom. The molecule has 0 atom stereocenters. The minimum absolute atomic E-state index is 0.459. The molecule has 1 aliphatic rings. The van der Waals surface area contributed by atoms with E-state index in [4.69, 9.17) is 11.6 Å². The lowest BCUT2D eigenvalue weighted by Gasteiger charge is -2.33. The second-order valence-electron chi connectivity index (χ2n) is 4.71. The van der Waals surface area contributed by atoms with Crippen molar-refractivity contribution in [3.63, 3.8) is 0 Å². The number of piperazine rings is 1. The number of alkyl halides is 3. The van der Waals surface area contributed by atoms with Gasteiger partial charge in [-0.15, -0.1) is 0 Å². The summed E-state index contributed by atoms with van der Waals surface area (Å²) in [5.41, 5.74) is 0.183. The zero-order valence-corrected chi connectivity index (χ0v) is 11.4. The van der Waals surface area contributed by atoms with Crippen molar-refractivity contribution >= 4 is 17.0 Å². The highest BCUT2D eigenvalue weighted by molar-refractivity contribution is 6.62. The average Bonchev–Trinajstić information content (AvgIpc) is 2.39. The normalized spacial score (nSPS) is 17.3. The largest absolute Gasteiger partial charge is 0.416 e. The zero-order valence-electron chi connectivity index (χ0n) is 10.7. The van der Waals surface area contributed by atoms with Gasteiger partial charge in [-0.05, 0) is 29.3 Å². The van der Waals surface area contributed by atoms with Crippen LogP contribution in [0.3, 0.4) is 0 Å². The highest BCUT2D eigenvalue weighted by atomic mass is 35.5. The first kappa shape index (κ1) is 15.1. The predicted molar refractivity (Wildman–Crippen MR) is 69.5 cm³/mol. The summed E-state index contributed by atoms with van der Waals surface area (Å²) in [6.45, 7) is 2.99. The molecule has 1 fully saturated rings. The van der Waals surface area contributed by atoms with Gasteiger partial charge in [0, 0.05) is 32.7 Å². The van der Waals surface area contributed by atoms with Gasteiger partial charge >= 0.3 is 11.5 Å². The van der Waals surface area contributed by atoms with Crippen LogP contribution in [0.25, 0.3) is 0 Å². The Morgan fingerprint density at radius 3 is 2.10 bits per heavy atom. The fraction of sp³-hybridized carbons (Fsp3) is 0.462. The minimum Gasteiger partial charge on any atom is -0.327 e. The number of hydrogen-bond donors (Lipinski definition) is 0. The third kappa shape index (κ3) is 3.86. The summed E-state index contributed by atoms with van der Waals surface area (Å²) in [6, 6.07) is 5.16. The molecule has 0 N–H and O–H groups in total. The lowest BCUT2D eigenvalue weighted by atomic mass is 10.1. The molecule has 0 radical (unpaired) electrons. The van der Waals surface area contributed by atoms with Crippen LogP contribution < -0.4 is 0 Å². The quantitative estimate of drug-likeness (QED) is 0.619. The molecule has 3 nitrogen and oxygen atoms in total. The highest BCUT2D eigenvalue weighted by Crippen LogP contribution is 2.29. The third-order valence-corrected chi connectivity index (χ3v) is 3.55. The van der Waals surface area contributed by atoms with Crippen LogP contribution in [0.5, 0.6) is 0 Å². The van der Waals surface area contributed by atoms with E-state index in [0.29, 0.717) is 32.7 Å². The molecule has 1 amide bonds. The molecule has 1 aromatic carbocycles. The van der Waals surface area contributed by atoms with Gasteiger partial charge in [0.15, 0.2) is 0 Å². The molecule has 110 valence electrons. The molecular weight excluding hydrogens is 293 g/mol. The van der Waals surface area contributed by atoms with Crippen LogP contribution in [0.15, 0.2) is 24.3 Å². The SMILES string of the molecule is O=C(Cl)N1CCN(Cc2ccc(C(F)(F)F)cc2)CC1. The summed E-state index contributed by atoms with van der Waals surface area (Å²) in [7, 11) is 0. The number of nitrogens with zero attached hydrogens (tertiary/aromatic N) is 2. The van der Waals surface area contributed by atoms with E-state index in [9.17, 15) is 18.0 Å². The Bertz CT molecular complexity index is 467. The van der Waals surface area contributed by atoms with Gasteiger partial charge in [0.05, 0.1) is 5.56 Å². The summed E-state index contributed by atoms with van der Waals surface area (Å²) in [5, 5.41) is -0.459. The van der Waals surface area contributed by atoms with E-state index in [1.165, 1.54) is 12.1 Å². The first-order valence-electron chi connectivity index (χ1n) is 6.19. The second kappa shape index (κ2) is 6.01. The predicted octanol–water partition coefficient (Wildman–Crippen LogP) is 3.18. The van der Waals surface area contributed by atoms with Gasteiger partial charge in [-0.2, -0.15) is 13.2 Å². The van der Waals surface area contributed by atoms with E-state index in [-0.39, 0.29) is 0 Å². The van der Waals surface area contributed by atoms with Crippen molar-refractivity contribution in [1.82, 2.24) is 9.80 Å². The fourth-order valence-corrected chi connectivity index (χ4v) is 2.31. The first-order chi connectivity index (χ1) is 9.36. The molecule has 0 unspecified atom stereocenters. The molecule has 0 spiro atoms. The molecule has 2 rings (SSSR count). The number of carbonyl (C=O) groups excluding carboxylic acids is 1. The third-order valence-electron chi connectivity index (χ3n) is 3.31. The number of carbonyl (C=O) groups is 1. The molecule has 20 heavy (non-hydrogen) atoms. The maximum absolute atomic E-state index is 12.4. The van der Waals surface area contributed by atoms with Gasteiger partial charge in [-0.25, -0.2) is 0 Å². The molecule has 1 saturated heterocycles. The second-order valence-corrected chi connectivity index (χ2v) is 5.03. The van der Waals surface area contributed by atoms with Crippen LogP contribution >= 0.6 is 11.6 Å². The monoisotopic (exact) mass is 306 g/mol. The van der Waals surface area contributed by atoms with Crippen LogP contribution in [0.4, 0.5) is 18.0 Å². The van der Waals surface area contributed by atoms with Crippen LogP contribution in [-0.2, 0) is 12.7 Å². The molecule has 0 aliphatic carbocycles. The Hall–Kier alpha value is -1.27. The van der Waals surface area contributed by atoms with Gasteiger partial charge in [-0.1, -0.05) is 12.1 Å². The first-order valence-corrected chi connectivity index (χ1v) is 6.57. The van der Waals surface area contributed by atoms with Crippen molar-refractivity contribution in [2.45, 2.75) is 12.7 Å². The highest BCUT2D eigenvalue weighted by Gasteiger charge is 2.30. The Kier molecular flexibility index (Phi) is 4.55. The van der Waals surface area contributed by atoms with E-state index < -0.39 is 17.1 Å². The number of amides is 1. The topological polar surface area (TPSA) is 23.6 Å². The van der Waals surface area contributed by atoms with Crippen LogP contribution in [-0.4, -0.2) is 41.3 Å². The van der Waals surface area contributed by atoms with Crippen LogP contribution in [0.2, 0.25) is 0 Å². The van der Waals surface area contributed by atoms with Crippen molar-refractivity contribution in [2.75, 3.05) is 26.2 Å². The van der Waals surface area contributed by atoms with E-state index >= 15 is 0 Å². The molecule has 7 heteroatoms. The number of halogens is 4. The maximum Gasteiger partial charge on any atom is 0.416 e. The van der Waals surface area contributed by atoms with Crippen molar-refractivity contribution in [3.05, 3.63) is 35.4 Å². The van der Waals surface area contributed by atoms with Crippen molar-refractivity contribution in [2.24, 2.45) is 0 Å². The molecule has 1 aromatic rings. The van der Waals surface area contributed by atoms with E-state index in [1.807, 2.05) is 0 Å². The smallest absolute Gasteiger partial charge is 0.327 e. The molecule has 1 aliphatic heterocycles.